The lowest BCUT2D eigenvalue weighted by Crippen LogP contribution is -2.13. The minimum atomic E-state index is -0.489. The van der Waals surface area contributed by atoms with Crippen molar-refractivity contribution in [2.45, 2.75) is 13.8 Å². The molecule has 2 rings (SSSR count). The van der Waals surface area contributed by atoms with Gasteiger partial charge in [0.15, 0.2) is 0 Å². The number of phenols is 1. The number of carbonyl (C=O) groups is 1. The molecule has 92 valence electrons. The number of amides is 1. The third kappa shape index (κ3) is 1.95. The van der Waals surface area contributed by atoms with E-state index in [-0.39, 0.29) is 5.75 Å². The zero-order chi connectivity index (χ0) is 13.3. The van der Waals surface area contributed by atoms with Gasteiger partial charge in [0.25, 0.3) is 0 Å². The molecule has 0 aliphatic heterocycles. The van der Waals surface area contributed by atoms with Gasteiger partial charge in [-0.1, -0.05) is 24.3 Å². The zero-order valence-electron chi connectivity index (χ0n) is 10.4. The smallest absolute Gasteiger partial charge is 0.249 e. The zero-order valence-corrected chi connectivity index (χ0v) is 10.4. The molecular weight excluding hydrogens is 226 g/mol. The second-order valence-electron chi connectivity index (χ2n) is 4.33. The van der Waals surface area contributed by atoms with E-state index in [1.54, 1.807) is 24.3 Å². The van der Waals surface area contributed by atoms with Crippen LogP contribution in [0.15, 0.2) is 36.4 Å². The summed E-state index contributed by atoms with van der Waals surface area (Å²) in [4.78, 5) is 11.5. The van der Waals surface area contributed by atoms with Crippen molar-refractivity contribution in [3.05, 3.63) is 53.1 Å². The maximum absolute atomic E-state index is 11.5. The summed E-state index contributed by atoms with van der Waals surface area (Å²) in [6.07, 6.45) is 0. The van der Waals surface area contributed by atoms with Crippen molar-refractivity contribution in [1.29, 1.82) is 0 Å². The van der Waals surface area contributed by atoms with Gasteiger partial charge in [-0.3, -0.25) is 4.79 Å². The second kappa shape index (κ2) is 4.53. The van der Waals surface area contributed by atoms with Gasteiger partial charge in [-0.25, -0.2) is 0 Å². The van der Waals surface area contributed by atoms with E-state index >= 15 is 0 Å². The van der Waals surface area contributed by atoms with Crippen molar-refractivity contribution in [1.82, 2.24) is 0 Å². The number of benzene rings is 2. The van der Waals surface area contributed by atoms with Crippen LogP contribution in [-0.4, -0.2) is 11.0 Å². The minimum Gasteiger partial charge on any atom is -0.507 e. The largest absolute Gasteiger partial charge is 0.507 e. The first-order chi connectivity index (χ1) is 8.52. The first kappa shape index (κ1) is 12.2. The van der Waals surface area contributed by atoms with Gasteiger partial charge in [0, 0.05) is 16.7 Å². The van der Waals surface area contributed by atoms with Crippen molar-refractivity contribution in [3.8, 4) is 16.9 Å². The summed E-state index contributed by atoms with van der Waals surface area (Å²) in [5.74, 6) is -0.330. The quantitative estimate of drug-likeness (QED) is 0.849. The number of primary amides is 1. The van der Waals surface area contributed by atoms with Crippen LogP contribution in [-0.2, 0) is 0 Å². The first-order valence-corrected chi connectivity index (χ1v) is 5.70. The predicted molar refractivity (Wildman–Crippen MR) is 71.5 cm³/mol. The topological polar surface area (TPSA) is 63.3 Å². The van der Waals surface area contributed by atoms with Gasteiger partial charge in [0.1, 0.15) is 5.75 Å². The Bertz CT molecular complexity index is 598. The summed E-state index contributed by atoms with van der Waals surface area (Å²) in [6, 6.07) is 10.6. The normalized spacial score (nSPS) is 10.3. The molecule has 0 radical (unpaired) electrons. The highest BCUT2D eigenvalue weighted by atomic mass is 16.3. The fourth-order valence-corrected chi connectivity index (χ4v) is 2.18. The van der Waals surface area contributed by atoms with E-state index < -0.39 is 5.91 Å². The molecule has 0 saturated heterocycles. The molecule has 0 aliphatic rings. The van der Waals surface area contributed by atoms with Crippen molar-refractivity contribution < 1.29 is 9.90 Å². The Labute approximate surface area is 106 Å². The van der Waals surface area contributed by atoms with Crippen LogP contribution in [0.2, 0.25) is 0 Å². The van der Waals surface area contributed by atoms with E-state index in [0.717, 1.165) is 11.1 Å². The molecule has 3 N–H and O–H groups in total. The van der Waals surface area contributed by atoms with Gasteiger partial charge in [-0.05, 0) is 37.1 Å². The standard InChI is InChI=1S/C15H15NO2/c1-9-5-3-7-11(15(16)18)13(9)14-10(2)6-4-8-12(14)17/h3-8,17H,1-2H3,(H2,16,18). The molecule has 0 unspecified atom stereocenters. The Morgan fingerprint density at radius 2 is 1.56 bits per heavy atom. The van der Waals surface area contributed by atoms with E-state index in [9.17, 15) is 9.90 Å². The number of aromatic hydroxyl groups is 1. The summed E-state index contributed by atoms with van der Waals surface area (Å²) in [5.41, 5.74) is 9.03. The highest BCUT2D eigenvalue weighted by Crippen LogP contribution is 2.36. The average molecular weight is 241 g/mol. The maximum atomic E-state index is 11.5. The van der Waals surface area contributed by atoms with Gasteiger partial charge in [0.2, 0.25) is 5.91 Å². The Kier molecular flexibility index (Phi) is 3.06. The van der Waals surface area contributed by atoms with Crippen LogP contribution in [0.5, 0.6) is 5.75 Å². The molecule has 0 atom stereocenters. The minimum absolute atomic E-state index is 0.159. The molecule has 0 heterocycles. The number of hydrogen-bond donors (Lipinski definition) is 2. The number of hydrogen-bond acceptors (Lipinski definition) is 2. The summed E-state index contributed by atoms with van der Waals surface area (Å²) < 4.78 is 0. The van der Waals surface area contributed by atoms with Crippen molar-refractivity contribution in [2.24, 2.45) is 5.73 Å². The molecule has 2 aromatic rings. The van der Waals surface area contributed by atoms with Gasteiger partial charge >= 0.3 is 0 Å². The van der Waals surface area contributed by atoms with Gasteiger partial charge < -0.3 is 10.8 Å². The molecule has 3 heteroatoms. The first-order valence-electron chi connectivity index (χ1n) is 5.70. The number of phenolic OH excluding ortho intramolecular Hbond substituents is 1. The van der Waals surface area contributed by atoms with E-state index in [1.165, 1.54) is 0 Å². The Morgan fingerprint density at radius 3 is 2.11 bits per heavy atom. The number of rotatable bonds is 2. The summed E-state index contributed by atoms with van der Waals surface area (Å²) >= 11 is 0. The summed E-state index contributed by atoms with van der Waals surface area (Å²) in [6.45, 7) is 3.79. The van der Waals surface area contributed by atoms with Gasteiger partial charge in [-0.2, -0.15) is 0 Å². The monoisotopic (exact) mass is 241 g/mol. The van der Waals surface area contributed by atoms with Crippen LogP contribution in [0.3, 0.4) is 0 Å². The maximum Gasteiger partial charge on any atom is 0.249 e. The SMILES string of the molecule is Cc1cccc(O)c1-c1c(C)cccc1C(N)=O. The van der Waals surface area contributed by atoms with E-state index in [0.29, 0.717) is 16.7 Å². The predicted octanol–water partition coefficient (Wildman–Crippen LogP) is 2.77. The lowest BCUT2D eigenvalue weighted by atomic mass is 9.91. The van der Waals surface area contributed by atoms with Crippen LogP contribution >= 0.6 is 0 Å². The lowest BCUT2D eigenvalue weighted by Gasteiger charge is -2.14. The van der Waals surface area contributed by atoms with Gasteiger partial charge in [-0.15, -0.1) is 0 Å². The molecule has 0 aliphatic carbocycles. The van der Waals surface area contributed by atoms with Crippen LogP contribution < -0.4 is 5.73 Å². The fraction of sp³-hybridized carbons (Fsp3) is 0.133. The average Bonchev–Trinajstić information content (AvgIpc) is 2.30. The molecule has 0 bridgehead atoms. The van der Waals surface area contributed by atoms with E-state index in [2.05, 4.69) is 0 Å². The Morgan fingerprint density at radius 1 is 1.00 bits per heavy atom. The number of aryl methyl sites for hydroxylation is 2. The Balaban J connectivity index is 2.82. The fourth-order valence-electron chi connectivity index (χ4n) is 2.18. The number of nitrogens with two attached hydrogens (primary N) is 1. The molecular formula is C15H15NO2. The van der Waals surface area contributed by atoms with Gasteiger partial charge in [0.05, 0.1) is 0 Å². The molecule has 0 fully saturated rings. The molecule has 2 aromatic carbocycles. The summed E-state index contributed by atoms with van der Waals surface area (Å²) in [5, 5.41) is 10.0. The molecule has 3 nitrogen and oxygen atoms in total. The van der Waals surface area contributed by atoms with Crippen molar-refractivity contribution >= 4 is 5.91 Å². The molecule has 0 aromatic heterocycles. The second-order valence-corrected chi connectivity index (χ2v) is 4.33. The van der Waals surface area contributed by atoms with Crippen LogP contribution in [0, 0.1) is 13.8 Å². The molecule has 18 heavy (non-hydrogen) atoms. The third-order valence-electron chi connectivity index (χ3n) is 3.04. The lowest BCUT2D eigenvalue weighted by molar-refractivity contribution is 0.100. The van der Waals surface area contributed by atoms with E-state index in [1.807, 2.05) is 26.0 Å². The van der Waals surface area contributed by atoms with Crippen molar-refractivity contribution in [2.75, 3.05) is 0 Å². The van der Waals surface area contributed by atoms with E-state index in [4.69, 9.17) is 5.73 Å². The molecule has 1 amide bonds. The Hall–Kier alpha value is -2.29. The summed E-state index contributed by atoms with van der Waals surface area (Å²) in [7, 11) is 0. The highest BCUT2D eigenvalue weighted by Gasteiger charge is 2.16. The molecule has 0 spiro atoms. The van der Waals surface area contributed by atoms with Crippen LogP contribution in [0.1, 0.15) is 21.5 Å². The number of carbonyl (C=O) groups excluding carboxylic acids is 1. The van der Waals surface area contributed by atoms with Crippen LogP contribution in [0.4, 0.5) is 0 Å². The van der Waals surface area contributed by atoms with Crippen LogP contribution in [0.25, 0.3) is 11.1 Å². The molecule has 0 saturated carbocycles. The third-order valence-corrected chi connectivity index (χ3v) is 3.04. The highest BCUT2D eigenvalue weighted by molar-refractivity contribution is 6.01. The van der Waals surface area contributed by atoms with Crippen molar-refractivity contribution in [3.63, 3.8) is 0 Å².